The molecule has 0 heterocycles. The number of carboxylic acid groups (broad SMARTS) is 2. The number of amides is 2. The maximum Gasteiger partial charge on any atom is 0.326 e. The second kappa shape index (κ2) is 5.05. The lowest BCUT2D eigenvalue weighted by Crippen LogP contribution is -2.46. The summed E-state index contributed by atoms with van der Waals surface area (Å²) < 4.78 is 0. The maximum atomic E-state index is 11.0. The molecular formula is C7H12N2O5. The van der Waals surface area contributed by atoms with Crippen LogP contribution in [-0.4, -0.2) is 53.2 Å². The number of carboxylic acids is 2. The van der Waals surface area contributed by atoms with Gasteiger partial charge in [-0.05, 0) is 0 Å². The van der Waals surface area contributed by atoms with Crippen LogP contribution in [0.4, 0.5) is 4.79 Å². The van der Waals surface area contributed by atoms with E-state index in [1.165, 1.54) is 14.1 Å². The van der Waals surface area contributed by atoms with Crippen molar-refractivity contribution in [3.8, 4) is 0 Å². The Morgan fingerprint density at radius 2 is 1.79 bits per heavy atom. The number of aliphatic carboxylic acids is 2. The molecule has 0 fully saturated rings. The molecule has 0 aromatic rings. The van der Waals surface area contributed by atoms with E-state index in [2.05, 4.69) is 5.32 Å². The number of carbonyl (C=O) groups excluding carboxylic acids is 1. The number of carbonyl (C=O) groups is 3. The van der Waals surface area contributed by atoms with Gasteiger partial charge < -0.3 is 20.4 Å². The molecule has 0 rings (SSSR count). The van der Waals surface area contributed by atoms with E-state index in [1.54, 1.807) is 0 Å². The number of urea groups is 1. The first-order valence-corrected chi connectivity index (χ1v) is 3.77. The molecule has 0 aromatic heterocycles. The zero-order chi connectivity index (χ0) is 11.3. The van der Waals surface area contributed by atoms with E-state index in [-0.39, 0.29) is 0 Å². The summed E-state index contributed by atoms with van der Waals surface area (Å²) in [5, 5.41) is 19.0. The van der Waals surface area contributed by atoms with Crippen molar-refractivity contribution in [3.05, 3.63) is 0 Å². The Hall–Kier alpha value is -1.79. The largest absolute Gasteiger partial charge is 0.481 e. The molecule has 0 unspecified atom stereocenters. The maximum absolute atomic E-state index is 11.0. The number of hydrogen-bond acceptors (Lipinski definition) is 3. The van der Waals surface area contributed by atoms with Gasteiger partial charge in [-0.25, -0.2) is 9.59 Å². The van der Waals surface area contributed by atoms with Gasteiger partial charge in [-0.2, -0.15) is 0 Å². The molecule has 0 aromatic carbocycles. The first-order chi connectivity index (χ1) is 6.34. The zero-order valence-electron chi connectivity index (χ0n) is 7.85. The van der Waals surface area contributed by atoms with Gasteiger partial charge in [-0.15, -0.1) is 0 Å². The Bertz CT molecular complexity index is 250. The fourth-order valence-electron chi connectivity index (χ4n) is 0.653. The number of nitrogens with one attached hydrogen (secondary N) is 1. The highest BCUT2D eigenvalue weighted by Gasteiger charge is 2.23. The second-order valence-corrected chi connectivity index (χ2v) is 2.83. The van der Waals surface area contributed by atoms with E-state index in [4.69, 9.17) is 10.2 Å². The molecule has 0 aliphatic carbocycles. The fraction of sp³-hybridized carbons (Fsp3) is 0.571. The Morgan fingerprint density at radius 1 is 1.29 bits per heavy atom. The van der Waals surface area contributed by atoms with Gasteiger partial charge in [-0.1, -0.05) is 0 Å². The van der Waals surface area contributed by atoms with Crippen molar-refractivity contribution in [3.63, 3.8) is 0 Å². The highest BCUT2D eigenvalue weighted by molar-refractivity contribution is 5.85. The number of rotatable bonds is 4. The van der Waals surface area contributed by atoms with Gasteiger partial charge in [0.15, 0.2) is 0 Å². The smallest absolute Gasteiger partial charge is 0.326 e. The quantitative estimate of drug-likeness (QED) is 0.555. The topological polar surface area (TPSA) is 107 Å². The van der Waals surface area contributed by atoms with Crippen molar-refractivity contribution in [1.29, 1.82) is 0 Å². The van der Waals surface area contributed by atoms with Gasteiger partial charge >= 0.3 is 18.0 Å². The molecule has 7 nitrogen and oxygen atoms in total. The van der Waals surface area contributed by atoms with Gasteiger partial charge in [0.1, 0.15) is 6.04 Å². The van der Waals surface area contributed by atoms with E-state index in [0.717, 1.165) is 4.90 Å². The van der Waals surface area contributed by atoms with Crippen LogP contribution in [0, 0.1) is 0 Å². The summed E-state index contributed by atoms with van der Waals surface area (Å²) in [7, 11) is 2.85. The van der Waals surface area contributed by atoms with E-state index < -0.39 is 30.4 Å². The van der Waals surface area contributed by atoms with Crippen LogP contribution in [0.1, 0.15) is 6.42 Å². The number of hydrogen-bond donors (Lipinski definition) is 3. The molecular weight excluding hydrogens is 192 g/mol. The van der Waals surface area contributed by atoms with Crippen molar-refractivity contribution >= 4 is 18.0 Å². The van der Waals surface area contributed by atoms with Gasteiger partial charge in [0.2, 0.25) is 0 Å². The molecule has 3 N–H and O–H groups in total. The van der Waals surface area contributed by atoms with Crippen LogP contribution in [0.2, 0.25) is 0 Å². The zero-order valence-corrected chi connectivity index (χ0v) is 7.85. The lowest BCUT2D eigenvalue weighted by molar-refractivity contribution is -0.145. The van der Waals surface area contributed by atoms with Crippen LogP contribution in [0.5, 0.6) is 0 Å². The summed E-state index contributed by atoms with van der Waals surface area (Å²) >= 11 is 0. The predicted octanol–water partition coefficient (Wildman–Crippen LogP) is -0.814. The Balaban J connectivity index is 4.31. The summed E-state index contributed by atoms with van der Waals surface area (Å²) in [6, 6.07) is -2.04. The SMILES string of the molecule is CN(C)C(=O)N[C@@H](CC(=O)O)C(=O)O. The van der Waals surface area contributed by atoms with E-state index in [9.17, 15) is 14.4 Å². The standard InChI is InChI=1S/C7H12N2O5/c1-9(2)7(14)8-4(6(12)13)3-5(10)11/h4H,3H2,1-2H3,(H,8,14)(H,10,11)(H,12,13)/t4-/m0/s1. The van der Waals surface area contributed by atoms with Crippen LogP contribution < -0.4 is 5.32 Å². The van der Waals surface area contributed by atoms with Gasteiger partial charge in [0, 0.05) is 14.1 Å². The van der Waals surface area contributed by atoms with E-state index in [1.807, 2.05) is 0 Å². The third kappa shape index (κ3) is 4.29. The minimum atomic E-state index is -1.40. The van der Waals surface area contributed by atoms with Crippen molar-refractivity contribution in [2.75, 3.05) is 14.1 Å². The third-order valence-corrected chi connectivity index (χ3v) is 1.38. The van der Waals surface area contributed by atoms with E-state index >= 15 is 0 Å². The molecule has 1 atom stereocenters. The fourth-order valence-corrected chi connectivity index (χ4v) is 0.653. The molecule has 80 valence electrons. The normalized spacial score (nSPS) is 11.6. The average molecular weight is 204 g/mol. The second-order valence-electron chi connectivity index (χ2n) is 2.83. The summed E-state index contributed by atoms with van der Waals surface area (Å²) in [4.78, 5) is 32.9. The highest BCUT2D eigenvalue weighted by atomic mass is 16.4. The minimum Gasteiger partial charge on any atom is -0.481 e. The third-order valence-electron chi connectivity index (χ3n) is 1.38. The van der Waals surface area contributed by atoms with Crippen LogP contribution in [-0.2, 0) is 9.59 Å². The molecule has 0 spiro atoms. The molecule has 0 aliphatic heterocycles. The molecule has 0 radical (unpaired) electrons. The number of nitrogens with zero attached hydrogens (tertiary/aromatic N) is 1. The molecule has 0 saturated heterocycles. The van der Waals surface area contributed by atoms with Gasteiger partial charge in [0.05, 0.1) is 6.42 Å². The molecule has 2 amide bonds. The molecule has 0 aliphatic rings. The van der Waals surface area contributed by atoms with Gasteiger partial charge in [-0.3, -0.25) is 4.79 Å². The van der Waals surface area contributed by atoms with E-state index in [0.29, 0.717) is 0 Å². The first kappa shape index (κ1) is 12.2. The molecule has 14 heavy (non-hydrogen) atoms. The Kier molecular flexibility index (Phi) is 4.41. The van der Waals surface area contributed by atoms with Crippen molar-refractivity contribution < 1.29 is 24.6 Å². The summed E-state index contributed by atoms with van der Waals surface area (Å²) in [6.07, 6.45) is -0.644. The Morgan fingerprint density at radius 3 is 2.07 bits per heavy atom. The van der Waals surface area contributed by atoms with Crippen molar-refractivity contribution in [2.24, 2.45) is 0 Å². The van der Waals surface area contributed by atoms with Crippen LogP contribution >= 0.6 is 0 Å². The molecule has 0 saturated carbocycles. The van der Waals surface area contributed by atoms with Crippen LogP contribution in [0.25, 0.3) is 0 Å². The van der Waals surface area contributed by atoms with Gasteiger partial charge in [0.25, 0.3) is 0 Å². The Labute approximate surface area is 80.3 Å². The predicted molar refractivity (Wildman–Crippen MR) is 45.9 cm³/mol. The summed E-state index contributed by atoms with van der Waals surface area (Å²) in [5.74, 6) is -2.65. The first-order valence-electron chi connectivity index (χ1n) is 3.77. The lowest BCUT2D eigenvalue weighted by Gasteiger charge is -2.16. The van der Waals surface area contributed by atoms with Crippen LogP contribution in [0.3, 0.4) is 0 Å². The average Bonchev–Trinajstić information content (AvgIpc) is 2.01. The minimum absolute atomic E-state index is 0.640. The highest BCUT2D eigenvalue weighted by Crippen LogP contribution is 1.93. The monoisotopic (exact) mass is 204 g/mol. The molecule has 0 bridgehead atoms. The summed E-state index contributed by atoms with van der Waals surface area (Å²) in [6.45, 7) is 0. The van der Waals surface area contributed by atoms with Crippen molar-refractivity contribution in [1.82, 2.24) is 10.2 Å². The summed E-state index contributed by atoms with van der Waals surface area (Å²) in [5.41, 5.74) is 0. The molecule has 7 heteroatoms. The van der Waals surface area contributed by atoms with Crippen LogP contribution in [0.15, 0.2) is 0 Å². The lowest BCUT2D eigenvalue weighted by atomic mass is 10.2. The van der Waals surface area contributed by atoms with Crippen molar-refractivity contribution in [2.45, 2.75) is 12.5 Å².